The molecule has 0 heterocycles. The van der Waals surface area contributed by atoms with Crippen molar-refractivity contribution >= 4 is 21.8 Å². The number of hydrogen-bond donors (Lipinski definition) is 2. The van der Waals surface area contributed by atoms with Crippen LogP contribution in [-0.4, -0.2) is 43.9 Å². The van der Waals surface area contributed by atoms with Gasteiger partial charge in [0.2, 0.25) is 0 Å². The Bertz CT molecular complexity index is 208. The van der Waals surface area contributed by atoms with Crippen LogP contribution in [-0.2, 0) is 4.74 Å². The minimum Gasteiger partial charge on any atom is -0.444 e. The lowest BCUT2D eigenvalue weighted by atomic mass is 9.61. The summed E-state index contributed by atoms with van der Waals surface area (Å²) >= 11 is 0. The molecule has 0 aliphatic heterocycles. The molecule has 4 radical (unpaired) electrons. The molecule has 0 aromatic heterocycles. The maximum atomic E-state index is 11.2. The molecule has 14 heavy (non-hydrogen) atoms. The third-order valence-corrected chi connectivity index (χ3v) is 1.43. The first kappa shape index (κ1) is 13.4. The number of ether oxygens (including phenoxy) is 1. The molecule has 2 N–H and O–H groups in total. The van der Waals surface area contributed by atoms with Crippen LogP contribution in [0.4, 0.5) is 4.79 Å². The molecule has 6 heteroatoms. The number of rotatable bonds is 2. The summed E-state index contributed by atoms with van der Waals surface area (Å²) in [6.07, 6.45) is -0.667. The molecule has 0 spiro atoms. The molecule has 0 fully saturated rings. The van der Waals surface area contributed by atoms with Gasteiger partial charge in [0.25, 0.3) is 0 Å². The summed E-state index contributed by atoms with van der Waals surface area (Å²) in [4.78, 5) is 11.2. The van der Waals surface area contributed by atoms with Gasteiger partial charge in [0, 0.05) is 11.4 Å². The van der Waals surface area contributed by atoms with E-state index in [1.54, 1.807) is 20.8 Å². The lowest BCUT2D eigenvalue weighted by Gasteiger charge is -2.29. The number of nitrogens with one attached hydrogen (secondary N) is 1. The molecule has 76 valence electrons. The van der Waals surface area contributed by atoms with E-state index in [0.29, 0.717) is 0 Å². The van der Waals surface area contributed by atoms with Gasteiger partial charge in [-0.2, -0.15) is 0 Å². The first-order valence-electron chi connectivity index (χ1n) is 4.32. The van der Waals surface area contributed by atoms with Gasteiger partial charge in [0.05, 0.1) is 0 Å². The van der Waals surface area contributed by atoms with Gasteiger partial charge < -0.3 is 15.2 Å². The molecule has 0 aromatic carbocycles. The number of aliphatic hydroxyl groups is 1. The van der Waals surface area contributed by atoms with E-state index in [9.17, 15) is 4.79 Å². The maximum absolute atomic E-state index is 11.2. The monoisotopic (exact) mass is 195 g/mol. The SMILES string of the molecule is [B]C([B])(O)C(C)NC(=O)OC(C)(C)C. The van der Waals surface area contributed by atoms with Crippen LogP contribution < -0.4 is 5.32 Å². The van der Waals surface area contributed by atoms with E-state index in [1.807, 2.05) is 0 Å². The fraction of sp³-hybridized carbons (Fsp3) is 0.875. The third kappa shape index (κ3) is 5.91. The predicted octanol–water partition coefficient (Wildman–Crippen LogP) is -0.117. The topological polar surface area (TPSA) is 58.6 Å². The van der Waals surface area contributed by atoms with Crippen molar-refractivity contribution in [1.82, 2.24) is 5.32 Å². The summed E-state index contributed by atoms with van der Waals surface area (Å²) in [7, 11) is 10.3. The Hall–Kier alpha value is -0.640. The fourth-order valence-corrected chi connectivity index (χ4v) is 0.600. The molecule has 1 amide bonds. The Morgan fingerprint density at radius 3 is 2.14 bits per heavy atom. The van der Waals surface area contributed by atoms with E-state index in [1.165, 1.54) is 6.92 Å². The van der Waals surface area contributed by atoms with E-state index in [0.717, 1.165) is 0 Å². The highest BCUT2D eigenvalue weighted by molar-refractivity contribution is 6.39. The number of hydrogen-bond acceptors (Lipinski definition) is 3. The number of alkyl carbamates (subject to hydrolysis) is 1. The van der Waals surface area contributed by atoms with Crippen molar-refractivity contribution in [3.8, 4) is 0 Å². The smallest absolute Gasteiger partial charge is 0.407 e. The maximum Gasteiger partial charge on any atom is 0.407 e. The summed E-state index contributed by atoms with van der Waals surface area (Å²) in [5.41, 5.74) is -0.592. The molecule has 0 saturated carbocycles. The zero-order valence-corrected chi connectivity index (χ0v) is 9.00. The van der Waals surface area contributed by atoms with Crippen molar-refractivity contribution < 1.29 is 14.6 Å². The number of carbonyl (C=O) groups excluding carboxylic acids is 1. The van der Waals surface area contributed by atoms with Crippen molar-refractivity contribution in [1.29, 1.82) is 0 Å². The number of carbonyl (C=O) groups is 1. The molecule has 0 bridgehead atoms. The van der Waals surface area contributed by atoms with E-state index < -0.39 is 23.1 Å². The highest BCUT2D eigenvalue weighted by Gasteiger charge is 2.25. The van der Waals surface area contributed by atoms with Crippen LogP contribution in [0.15, 0.2) is 0 Å². The molecule has 1 unspecified atom stereocenters. The largest absolute Gasteiger partial charge is 0.444 e. The fourth-order valence-electron chi connectivity index (χ4n) is 0.600. The van der Waals surface area contributed by atoms with Crippen LogP contribution in [0.1, 0.15) is 27.7 Å². The van der Waals surface area contributed by atoms with Crippen LogP contribution in [0.25, 0.3) is 0 Å². The summed E-state index contributed by atoms with van der Waals surface area (Å²) in [6, 6.07) is -0.794. The summed E-state index contributed by atoms with van der Waals surface area (Å²) in [6.45, 7) is 6.67. The van der Waals surface area contributed by atoms with Crippen LogP contribution in [0.5, 0.6) is 0 Å². The standard InChI is InChI=1S/C8H15B2NO3/c1-5(8(9,10)13)11-6(12)14-7(2,3)4/h5,13H,1-4H3,(H,11,12). The Labute approximate surface area is 87.2 Å². The van der Waals surface area contributed by atoms with Crippen molar-refractivity contribution in [3.05, 3.63) is 0 Å². The normalized spacial score (nSPS) is 14.6. The third-order valence-electron chi connectivity index (χ3n) is 1.43. The lowest BCUT2D eigenvalue weighted by Crippen LogP contribution is -2.52. The summed E-state index contributed by atoms with van der Waals surface area (Å²) in [5.74, 6) is 0. The Balaban J connectivity index is 4.09. The molecular formula is C8H15B2NO3. The van der Waals surface area contributed by atoms with Gasteiger partial charge in [-0.1, -0.05) is 0 Å². The van der Waals surface area contributed by atoms with Gasteiger partial charge in [-0.15, -0.1) is 0 Å². The summed E-state index contributed by atoms with van der Waals surface area (Å²) in [5, 5.41) is 9.49. The second-order valence-corrected chi connectivity index (χ2v) is 4.26. The average Bonchev–Trinajstić information content (AvgIpc) is 1.79. The van der Waals surface area contributed by atoms with E-state index in [2.05, 4.69) is 5.32 Å². The average molecular weight is 195 g/mol. The predicted molar refractivity (Wildman–Crippen MR) is 55.3 cm³/mol. The van der Waals surface area contributed by atoms with Gasteiger partial charge in [-0.25, -0.2) is 4.79 Å². The van der Waals surface area contributed by atoms with Gasteiger partial charge in [-0.05, 0) is 27.7 Å². The minimum atomic E-state index is -1.95. The second kappa shape index (κ2) is 4.26. The second-order valence-electron chi connectivity index (χ2n) is 4.26. The zero-order chi connectivity index (χ0) is 11.6. The molecule has 0 aliphatic rings. The van der Waals surface area contributed by atoms with Crippen molar-refractivity contribution in [2.45, 2.75) is 44.7 Å². The van der Waals surface area contributed by atoms with E-state index >= 15 is 0 Å². The van der Waals surface area contributed by atoms with Crippen LogP contribution in [0, 0.1) is 0 Å². The van der Waals surface area contributed by atoms with Gasteiger partial charge in [0.15, 0.2) is 0 Å². The van der Waals surface area contributed by atoms with E-state index in [-0.39, 0.29) is 0 Å². The first-order chi connectivity index (χ1) is 6.02. The van der Waals surface area contributed by atoms with Gasteiger partial charge in [0.1, 0.15) is 21.3 Å². The van der Waals surface area contributed by atoms with Crippen molar-refractivity contribution in [2.24, 2.45) is 0 Å². The first-order valence-corrected chi connectivity index (χ1v) is 4.32. The Morgan fingerprint density at radius 1 is 1.43 bits per heavy atom. The Kier molecular flexibility index (Phi) is 4.06. The van der Waals surface area contributed by atoms with Crippen molar-refractivity contribution in [3.63, 3.8) is 0 Å². The van der Waals surface area contributed by atoms with Gasteiger partial charge >= 0.3 is 6.09 Å². The highest BCUT2D eigenvalue weighted by Crippen LogP contribution is 2.08. The van der Waals surface area contributed by atoms with Crippen LogP contribution in [0.2, 0.25) is 0 Å². The van der Waals surface area contributed by atoms with Crippen LogP contribution >= 0.6 is 0 Å². The molecule has 1 atom stereocenters. The highest BCUT2D eigenvalue weighted by atomic mass is 16.6. The van der Waals surface area contributed by atoms with Crippen LogP contribution in [0.3, 0.4) is 0 Å². The molecule has 0 aromatic rings. The van der Waals surface area contributed by atoms with Crippen molar-refractivity contribution in [2.75, 3.05) is 0 Å². The zero-order valence-electron chi connectivity index (χ0n) is 9.00. The van der Waals surface area contributed by atoms with Gasteiger partial charge in [-0.3, -0.25) is 0 Å². The lowest BCUT2D eigenvalue weighted by molar-refractivity contribution is 0.0458. The quantitative estimate of drug-likeness (QED) is 0.603. The molecule has 0 saturated heterocycles. The molecule has 0 rings (SSSR count). The van der Waals surface area contributed by atoms with E-state index in [4.69, 9.17) is 25.5 Å². The Morgan fingerprint density at radius 2 is 1.86 bits per heavy atom. The molecule has 4 nitrogen and oxygen atoms in total. The number of amides is 1. The minimum absolute atomic E-state index is 0.592. The molecular weight excluding hydrogens is 180 g/mol. The molecule has 0 aliphatic carbocycles. The summed E-state index contributed by atoms with van der Waals surface area (Å²) < 4.78 is 4.93.